The number of allylic oxidation sites excluding steroid dienone is 8. The number of ether oxygens (including phenoxy) is 12. The minimum Gasteiger partial charge on any atom is -0.466 e. The SMILES string of the molecule is COC(=O)/C(C)=C/C=C/C=C/C=C/C=C/C[C@@H]1C[C@H](OC(=O)[C@](OC)(c2ccccc2)C(F)(F)F)C[C@@]2(C[C@H](OC(=O)[C@](OC)(c3ccccc3)C(F)(F)F)C[C@H](/C=C/C[C@@H]3C[C@H](C[C@H]4C[C@@H]([C@H](C)[C@@H](OC(=O)[C@](O)(c5ccccc5)C(F)(F)F)C(C)C)OC(C)(C)O4)OC(C)(C)O3)O2)O1. The van der Waals surface area contributed by atoms with Gasteiger partial charge in [-0.05, 0) is 53.4 Å². The van der Waals surface area contributed by atoms with E-state index in [4.69, 9.17) is 56.8 Å². The van der Waals surface area contributed by atoms with E-state index in [9.17, 15) is 37.5 Å². The number of halogens is 9. The highest BCUT2D eigenvalue weighted by Gasteiger charge is 2.67. The molecule has 0 radical (unpaired) electrons. The minimum absolute atomic E-state index is 0.00566. The van der Waals surface area contributed by atoms with Gasteiger partial charge in [0.15, 0.2) is 17.4 Å². The van der Waals surface area contributed by atoms with Crippen LogP contribution in [0.3, 0.4) is 0 Å². The van der Waals surface area contributed by atoms with Gasteiger partial charge >= 0.3 is 42.4 Å². The lowest BCUT2D eigenvalue weighted by molar-refractivity contribution is -0.337. The van der Waals surface area contributed by atoms with Crippen LogP contribution < -0.4 is 0 Å². The van der Waals surface area contributed by atoms with Crippen LogP contribution in [0.5, 0.6) is 0 Å². The topological polar surface area (TPSA) is 199 Å². The Morgan fingerprint density at radius 1 is 0.540 bits per heavy atom. The Balaban J connectivity index is 1.16. The molecule has 3 aromatic carbocycles. The summed E-state index contributed by atoms with van der Waals surface area (Å²) < 4.78 is 208. The standard InChI is InChI=1S/C74H89F9O17/c1-47(2)61(94-63(85)69(88,72(75,76)77)50-31-22-18-23-32-50)49(4)60-44-57(97-67(7,8)100-60)43-56-40-53(95-66(5,6)96-56)38-29-39-55-42-59(93-65(87)71(91-11,74(81,82)83)52-35-26-20-27-36-52)46-68(99-55)45-58(92-64(86)70(90-10,73(78,79)80)51-33-24-19-25-34-51)41-54(98-68)37-28-17-15-13-12-14-16-21-30-48(3)62(84)89-9/h12-36,39,47,49,53-61,88H,37-38,40-46H2,1-11H3/b14-12+,15-13+,21-16+,28-17+,39-29+,48-30+/t49-,53+,54+,55-,56+,57-,58-,59+,60-,61-,68+,69+,70+,71+/m0/s1. The molecule has 0 amide bonds. The third-order valence-corrected chi connectivity index (χ3v) is 17.8. The smallest absolute Gasteiger partial charge is 0.432 e. The minimum atomic E-state index is -5.45. The van der Waals surface area contributed by atoms with Crippen LogP contribution in [0, 0.1) is 11.8 Å². The first kappa shape index (κ1) is 80.3. The molecule has 4 aliphatic heterocycles. The summed E-state index contributed by atoms with van der Waals surface area (Å²) in [6, 6.07) is 18.1. The van der Waals surface area contributed by atoms with Crippen molar-refractivity contribution in [2.24, 2.45) is 11.8 Å². The first-order chi connectivity index (χ1) is 46.9. The molecule has 0 unspecified atom stereocenters. The van der Waals surface area contributed by atoms with Crippen molar-refractivity contribution in [3.63, 3.8) is 0 Å². The summed E-state index contributed by atoms with van der Waals surface area (Å²) >= 11 is 0. The Kier molecular flexibility index (Phi) is 26.8. The van der Waals surface area contributed by atoms with Crippen molar-refractivity contribution in [1.29, 1.82) is 0 Å². The van der Waals surface area contributed by atoms with Crippen molar-refractivity contribution >= 4 is 23.9 Å². The molecule has 4 heterocycles. The number of carbonyl (C=O) groups is 4. The van der Waals surface area contributed by atoms with Crippen molar-refractivity contribution in [3.8, 4) is 0 Å². The number of rotatable bonds is 26. The predicted molar refractivity (Wildman–Crippen MR) is 346 cm³/mol. The van der Waals surface area contributed by atoms with E-state index in [1.165, 1.54) is 61.7 Å². The Morgan fingerprint density at radius 3 is 1.48 bits per heavy atom. The average Bonchev–Trinajstić information content (AvgIpc) is 0.735. The van der Waals surface area contributed by atoms with E-state index in [1.54, 1.807) is 122 Å². The predicted octanol–water partition coefficient (Wildman–Crippen LogP) is 14.6. The van der Waals surface area contributed by atoms with Gasteiger partial charge in [0.2, 0.25) is 0 Å². The van der Waals surface area contributed by atoms with Gasteiger partial charge in [0, 0.05) is 87.3 Å². The number of carbonyl (C=O) groups excluding carboxylic acids is 4. The van der Waals surface area contributed by atoms with Crippen LogP contribution in [0.2, 0.25) is 0 Å². The van der Waals surface area contributed by atoms with E-state index < -0.39 is 173 Å². The van der Waals surface area contributed by atoms with Gasteiger partial charge in [0.1, 0.15) is 18.3 Å². The molecule has 3 aromatic rings. The van der Waals surface area contributed by atoms with Gasteiger partial charge in [-0.1, -0.05) is 179 Å². The molecule has 26 heteroatoms. The van der Waals surface area contributed by atoms with Gasteiger partial charge < -0.3 is 61.9 Å². The third kappa shape index (κ3) is 19.4. The van der Waals surface area contributed by atoms with Crippen LogP contribution in [0.4, 0.5) is 39.5 Å². The number of hydrogen-bond donors (Lipinski definition) is 1. The highest BCUT2D eigenvalue weighted by atomic mass is 19.4. The fourth-order valence-corrected chi connectivity index (χ4v) is 13.3. The molecule has 0 aliphatic carbocycles. The fraction of sp³-hybridized carbons (Fsp3) is 0.541. The molecule has 17 nitrogen and oxygen atoms in total. The summed E-state index contributed by atoms with van der Waals surface area (Å²) in [5.41, 5.74) is -12.8. The summed E-state index contributed by atoms with van der Waals surface area (Å²) in [6.07, 6.45) is -7.79. The van der Waals surface area contributed by atoms with Crippen LogP contribution in [-0.4, -0.2) is 141 Å². The molecule has 7 rings (SSSR count). The van der Waals surface area contributed by atoms with E-state index in [0.717, 1.165) is 36.4 Å². The fourth-order valence-electron chi connectivity index (χ4n) is 13.3. The first-order valence-corrected chi connectivity index (χ1v) is 32.9. The average molecular weight is 1420 g/mol. The second kappa shape index (κ2) is 33.4. The zero-order valence-electron chi connectivity index (χ0n) is 57.6. The Hall–Kier alpha value is -7.01. The zero-order chi connectivity index (χ0) is 73.7. The van der Waals surface area contributed by atoms with Gasteiger partial charge in [-0.2, -0.15) is 39.5 Å². The molecule has 1 N–H and O–H groups in total. The Labute approximate surface area is 576 Å². The quantitative estimate of drug-likeness (QED) is 0.0198. The number of esters is 4. The molecule has 0 saturated carbocycles. The van der Waals surface area contributed by atoms with Gasteiger partial charge in [0.25, 0.3) is 16.8 Å². The summed E-state index contributed by atoms with van der Waals surface area (Å²) in [4.78, 5) is 54.1. The molecule has 0 bridgehead atoms. The highest BCUT2D eigenvalue weighted by Crippen LogP contribution is 2.50. The number of aliphatic hydroxyl groups is 1. The molecule has 1 spiro atoms. The summed E-state index contributed by atoms with van der Waals surface area (Å²) in [5.74, 6) is -11.9. The van der Waals surface area contributed by atoms with Crippen molar-refractivity contribution in [1.82, 2.24) is 0 Å². The second-order valence-electron chi connectivity index (χ2n) is 26.5. The van der Waals surface area contributed by atoms with E-state index in [2.05, 4.69) is 0 Å². The monoisotopic (exact) mass is 1420 g/mol. The largest absolute Gasteiger partial charge is 0.466 e. The Morgan fingerprint density at radius 2 is 0.990 bits per heavy atom. The number of alkyl halides is 9. The van der Waals surface area contributed by atoms with Crippen LogP contribution in [-0.2, 0) is 92.8 Å². The molecule has 100 heavy (non-hydrogen) atoms. The van der Waals surface area contributed by atoms with E-state index >= 15 is 26.3 Å². The number of methoxy groups -OCH3 is 3. The lowest BCUT2D eigenvalue weighted by atomic mass is 9.85. The molecule has 550 valence electrons. The van der Waals surface area contributed by atoms with Crippen LogP contribution in [0.25, 0.3) is 0 Å². The van der Waals surface area contributed by atoms with Gasteiger partial charge in [0.05, 0.1) is 43.7 Å². The van der Waals surface area contributed by atoms with E-state index in [-0.39, 0.29) is 44.9 Å². The van der Waals surface area contributed by atoms with Crippen molar-refractivity contribution < 1.29 is 121 Å². The molecule has 4 saturated heterocycles. The second-order valence-corrected chi connectivity index (χ2v) is 26.5. The third-order valence-electron chi connectivity index (χ3n) is 17.8. The molecule has 4 fully saturated rings. The van der Waals surface area contributed by atoms with Crippen molar-refractivity contribution in [3.05, 3.63) is 180 Å². The molecular weight excluding hydrogens is 1330 g/mol. The summed E-state index contributed by atoms with van der Waals surface area (Å²) in [7, 11) is 2.68. The molecule has 0 aromatic heterocycles. The summed E-state index contributed by atoms with van der Waals surface area (Å²) in [5, 5.41) is 11.1. The lowest BCUT2D eigenvalue weighted by Crippen LogP contribution is -2.58. The number of benzene rings is 3. The van der Waals surface area contributed by atoms with E-state index in [0.29, 0.717) is 19.8 Å². The first-order valence-electron chi connectivity index (χ1n) is 32.9. The van der Waals surface area contributed by atoms with Gasteiger partial charge in [-0.15, -0.1) is 0 Å². The van der Waals surface area contributed by atoms with Gasteiger partial charge in [-0.3, -0.25) is 0 Å². The highest BCUT2D eigenvalue weighted by molar-refractivity contribution is 5.88. The zero-order valence-corrected chi connectivity index (χ0v) is 57.6. The van der Waals surface area contributed by atoms with Crippen LogP contribution >= 0.6 is 0 Å². The Bertz CT molecular complexity index is 3380. The lowest BCUT2D eigenvalue weighted by Gasteiger charge is -2.49. The maximum atomic E-state index is 15.5. The maximum absolute atomic E-state index is 15.5. The van der Waals surface area contributed by atoms with Crippen molar-refractivity contribution in [2.45, 2.75) is 221 Å². The number of hydrogen-bond acceptors (Lipinski definition) is 17. The van der Waals surface area contributed by atoms with Crippen molar-refractivity contribution in [2.75, 3.05) is 21.3 Å². The van der Waals surface area contributed by atoms with E-state index in [1.807, 2.05) is 0 Å². The molecule has 4 aliphatic rings. The molecule has 14 atom stereocenters. The van der Waals surface area contributed by atoms with Crippen LogP contribution in [0.15, 0.2) is 163 Å². The molecular formula is C74H89F9O17. The normalized spacial score (nSPS) is 27.2. The maximum Gasteiger partial charge on any atom is 0.432 e. The summed E-state index contributed by atoms with van der Waals surface area (Å²) in [6.45, 7) is 13.3. The van der Waals surface area contributed by atoms with Crippen LogP contribution in [0.1, 0.15) is 130 Å². The van der Waals surface area contributed by atoms with Gasteiger partial charge in [-0.25, -0.2) is 19.2 Å².